The molecule has 4 aliphatic carbocycles. The Morgan fingerprint density at radius 3 is 2.21 bits per heavy atom. The average Bonchev–Trinajstić information content (AvgIpc) is 3.27. The zero-order valence-corrected chi connectivity index (χ0v) is 25.2. The maximum Gasteiger partial charge on any atom is 0.376 e. The van der Waals surface area contributed by atoms with Gasteiger partial charge in [0.25, 0.3) is 0 Å². The Morgan fingerprint density at radius 1 is 0.923 bits per heavy atom. The zero-order valence-electron chi connectivity index (χ0n) is 25.2. The van der Waals surface area contributed by atoms with E-state index in [0.717, 1.165) is 58.5 Å². The van der Waals surface area contributed by atoms with Gasteiger partial charge in [-0.05, 0) is 97.2 Å². The number of hydrogen-bond donors (Lipinski definition) is 0. The molecule has 4 aliphatic rings. The van der Waals surface area contributed by atoms with Gasteiger partial charge in [-0.25, -0.2) is 4.79 Å². The fraction of sp³-hybridized carbons (Fsp3) is 0.968. The van der Waals surface area contributed by atoms with Crippen molar-refractivity contribution >= 4 is 5.97 Å². The summed E-state index contributed by atoms with van der Waals surface area (Å²) in [4.78, 5) is 11.8. The minimum Gasteiger partial charge on any atom is -0.465 e. The van der Waals surface area contributed by atoms with Crippen LogP contribution in [0.3, 0.4) is 0 Å². The van der Waals surface area contributed by atoms with Crippen LogP contribution in [-0.4, -0.2) is 59.0 Å². The highest BCUT2D eigenvalue weighted by Gasteiger charge is 2.66. The molecule has 0 amide bonds. The Kier molecular flexibility index (Phi) is 9.72. The summed E-state index contributed by atoms with van der Waals surface area (Å²) in [5.74, 6) is -2.80. The lowest BCUT2D eigenvalue weighted by Gasteiger charge is -2.65. The van der Waals surface area contributed by atoms with Crippen LogP contribution >= 0.6 is 0 Å². The van der Waals surface area contributed by atoms with E-state index in [1.807, 2.05) is 6.92 Å². The first-order valence-electron chi connectivity index (χ1n) is 15.2. The highest BCUT2D eigenvalue weighted by atomic mass is 19.3. The molecule has 8 heteroatoms. The van der Waals surface area contributed by atoms with Crippen molar-refractivity contribution in [2.45, 2.75) is 104 Å². The summed E-state index contributed by atoms with van der Waals surface area (Å²) >= 11 is 0. The van der Waals surface area contributed by atoms with Crippen molar-refractivity contribution < 1.29 is 37.3 Å². The number of ether oxygens (including phenoxy) is 5. The van der Waals surface area contributed by atoms with E-state index in [9.17, 15) is 13.6 Å². The van der Waals surface area contributed by atoms with Crippen molar-refractivity contribution in [3.05, 3.63) is 0 Å². The van der Waals surface area contributed by atoms with Gasteiger partial charge >= 0.3 is 11.9 Å². The summed E-state index contributed by atoms with van der Waals surface area (Å²) in [5, 5.41) is 0. The van der Waals surface area contributed by atoms with E-state index in [-0.39, 0.29) is 41.7 Å². The maximum absolute atomic E-state index is 14.7. The van der Waals surface area contributed by atoms with Gasteiger partial charge in [0, 0.05) is 20.6 Å². The Hall–Kier alpha value is -0.830. The molecule has 4 rings (SSSR count). The summed E-state index contributed by atoms with van der Waals surface area (Å²) in [7, 11) is 4.39. The molecule has 4 saturated carbocycles. The molecular formula is C31H52F2O6. The number of rotatable bonds is 11. The van der Waals surface area contributed by atoms with Gasteiger partial charge in [0.05, 0.1) is 19.3 Å². The molecule has 0 bridgehead atoms. The third kappa shape index (κ3) is 5.53. The number of fused-ring (bicyclic) bond motifs is 5. The second kappa shape index (κ2) is 12.2. The van der Waals surface area contributed by atoms with Crippen molar-refractivity contribution in [3.63, 3.8) is 0 Å². The summed E-state index contributed by atoms with van der Waals surface area (Å²) in [5.41, 5.74) is 0.149. The van der Waals surface area contributed by atoms with Crippen LogP contribution in [0.25, 0.3) is 0 Å². The van der Waals surface area contributed by atoms with E-state index in [1.165, 1.54) is 0 Å². The topological polar surface area (TPSA) is 63.2 Å². The predicted octanol–water partition coefficient (Wildman–Crippen LogP) is 6.70. The smallest absolute Gasteiger partial charge is 0.376 e. The third-order valence-electron chi connectivity index (χ3n) is 12.0. The van der Waals surface area contributed by atoms with Crippen molar-refractivity contribution in [2.75, 3.05) is 34.9 Å². The van der Waals surface area contributed by atoms with Gasteiger partial charge < -0.3 is 23.7 Å². The molecule has 0 N–H and O–H groups in total. The molecule has 11 atom stereocenters. The van der Waals surface area contributed by atoms with E-state index in [4.69, 9.17) is 18.9 Å². The van der Waals surface area contributed by atoms with Gasteiger partial charge in [-0.1, -0.05) is 34.1 Å². The molecule has 0 heterocycles. The molecule has 0 saturated heterocycles. The van der Waals surface area contributed by atoms with E-state index >= 15 is 0 Å². The predicted molar refractivity (Wildman–Crippen MR) is 144 cm³/mol. The van der Waals surface area contributed by atoms with E-state index in [2.05, 4.69) is 25.5 Å². The monoisotopic (exact) mass is 558 g/mol. The van der Waals surface area contributed by atoms with E-state index in [1.54, 1.807) is 14.2 Å². The van der Waals surface area contributed by atoms with E-state index < -0.39 is 18.3 Å². The lowest BCUT2D eigenvalue weighted by molar-refractivity contribution is -0.239. The van der Waals surface area contributed by atoms with Crippen LogP contribution in [0.4, 0.5) is 8.78 Å². The number of carbonyl (C=O) groups is 1. The second-order valence-electron chi connectivity index (χ2n) is 13.6. The van der Waals surface area contributed by atoms with Crippen LogP contribution < -0.4 is 0 Å². The van der Waals surface area contributed by atoms with Crippen molar-refractivity contribution in [3.8, 4) is 0 Å². The van der Waals surface area contributed by atoms with Crippen LogP contribution in [0.5, 0.6) is 0 Å². The Labute approximate surface area is 234 Å². The zero-order chi connectivity index (χ0) is 28.6. The van der Waals surface area contributed by atoms with Crippen LogP contribution in [-0.2, 0) is 28.5 Å². The normalized spacial score (nSPS) is 42.8. The van der Waals surface area contributed by atoms with Gasteiger partial charge in [-0.3, -0.25) is 0 Å². The summed E-state index contributed by atoms with van der Waals surface area (Å²) in [6, 6.07) is 0. The summed E-state index contributed by atoms with van der Waals surface area (Å²) in [6.45, 7) is 9.66. The number of halogens is 2. The first-order valence-corrected chi connectivity index (χ1v) is 15.2. The molecule has 39 heavy (non-hydrogen) atoms. The summed E-state index contributed by atoms with van der Waals surface area (Å²) in [6.07, 6.45) is 8.15. The maximum atomic E-state index is 14.7. The fourth-order valence-electron chi connectivity index (χ4n) is 10.4. The Bertz CT molecular complexity index is 840. The number of esters is 1. The number of hydrogen-bond acceptors (Lipinski definition) is 6. The van der Waals surface area contributed by atoms with Crippen LogP contribution in [0.15, 0.2) is 0 Å². The molecule has 0 aliphatic heterocycles. The first-order chi connectivity index (χ1) is 18.5. The molecule has 0 spiro atoms. The molecule has 0 aromatic heterocycles. The fourth-order valence-corrected chi connectivity index (χ4v) is 10.4. The van der Waals surface area contributed by atoms with Crippen molar-refractivity contribution in [1.82, 2.24) is 0 Å². The molecule has 6 nitrogen and oxygen atoms in total. The molecule has 0 aromatic rings. The first kappa shape index (κ1) is 31.1. The number of methoxy groups -OCH3 is 3. The third-order valence-corrected chi connectivity index (χ3v) is 12.0. The van der Waals surface area contributed by atoms with Crippen LogP contribution in [0.2, 0.25) is 0 Å². The Balaban J connectivity index is 1.63. The second-order valence-corrected chi connectivity index (χ2v) is 13.6. The quantitative estimate of drug-likeness (QED) is 0.208. The SMILES string of the molecule is CC[C@H]1[C@@H](OCOC)C2C3CC[C@H]([C@H](C)CC(F)(F)C(=O)OC)[C@@]3(C)CCC2[C@@]2(C)CC[C@@H](OCOC)C[C@@H]12. The average molecular weight is 559 g/mol. The summed E-state index contributed by atoms with van der Waals surface area (Å²) < 4.78 is 57.1. The number of alkyl halides is 2. The van der Waals surface area contributed by atoms with Crippen LogP contribution in [0, 0.1) is 52.3 Å². The molecule has 3 unspecified atom stereocenters. The molecule has 4 fully saturated rings. The van der Waals surface area contributed by atoms with Crippen molar-refractivity contribution in [2.24, 2.45) is 52.3 Å². The van der Waals surface area contributed by atoms with Gasteiger partial charge in [-0.2, -0.15) is 8.78 Å². The standard InChI is InChI=1S/C31H52F2O6/c1-8-21-25-15-20(38-17-35-5)11-13-30(25,4)24-12-14-29(3)22(19(2)16-31(32,33)28(34)37-7)9-10-23(29)26(24)27(21)39-18-36-6/h19-27H,8-18H2,1-7H3/t19-,20-,21-,22-,23?,24?,25+,26?,27-,29-,30-/m1/s1. The molecule has 226 valence electrons. The van der Waals surface area contributed by atoms with Gasteiger partial charge in [0.15, 0.2) is 0 Å². The molecule has 0 radical (unpaired) electrons. The Morgan fingerprint density at radius 2 is 1.56 bits per heavy atom. The van der Waals surface area contributed by atoms with Crippen LogP contribution in [0.1, 0.15) is 85.5 Å². The number of carbonyl (C=O) groups excluding carboxylic acids is 1. The molecule has 0 aromatic carbocycles. The lowest BCUT2D eigenvalue weighted by Crippen LogP contribution is -2.63. The highest BCUT2D eigenvalue weighted by Crippen LogP contribution is 2.70. The van der Waals surface area contributed by atoms with Crippen molar-refractivity contribution in [1.29, 1.82) is 0 Å². The van der Waals surface area contributed by atoms with E-state index in [0.29, 0.717) is 36.4 Å². The van der Waals surface area contributed by atoms with Gasteiger partial charge in [0.2, 0.25) is 0 Å². The lowest BCUT2D eigenvalue weighted by atomic mass is 9.41. The van der Waals surface area contributed by atoms with Gasteiger partial charge in [0.1, 0.15) is 13.6 Å². The largest absolute Gasteiger partial charge is 0.465 e. The minimum absolute atomic E-state index is 0.0538. The minimum atomic E-state index is -3.45. The van der Waals surface area contributed by atoms with Gasteiger partial charge in [-0.15, -0.1) is 0 Å². The highest BCUT2D eigenvalue weighted by molar-refractivity contribution is 5.77. The molecular weight excluding hydrogens is 506 g/mol.